The second kappa shape index (κ2) is 70.7. The third-order valence-electron chi connectivity index (χ3n) is 13.9. The molecule has 0 unspecified atom stereocenters. The molecule has 6 amide bonds. The molecule has 0 bridgehead atoms. The van der Waals surface area contributed by atoms with Crippen LogP contribution in [0.4, 0.5) is 19.2 Å². The van der Waals surface area contributed by atoms with E-state index in [1.54, 1.807) is 0 Å². The first-order valence-corrected chi connectivity index (χ1v) is 38.4. The smallest absolute Gasteiger partial charge is 0.446 e. The van der Waals surface area contributed by atoms with Gasteiger partial charge in [0, 0.05) is 66.8 Å². The van der Waals surface area contributed by atoms with Crippen molar-refractivity contribution in [3.63, 3.8) is 0 Å². The number of hydrogen-bond donors (Lipinski definition) is 8. The molecule has 0 fully saturated rings. The van der Waals surface area contributed by atoms with Crippen LogP contribution >= 0.6 is 31.8 Å². The number of thioether (sulfide) groups is 2. The summed E-state index contributed by atoms with van der Waals surface area (Å²) in [6, 6.07) is -1.65. The minimum atomic E-state index is -2.35. The van der Waals surface area contributed by atoms with Gasteiger partial charge < -0.3 is 90.7 Å². The van der Waals surface area contributed by atoms with E-state index in [0.717, 1.165) is 77.0 Å². The third kappa shape index (κ3) is 64.4. The van der Waals surface area contributed by atoms with E-state index in [9.17, 15) is 33.3 Å². The molecule has 0 heterocycles. The lowest BCUT2D eigenvalue weighted by Crippen LogP contribution is -2.43. The Morgan fingerprint density at radius 2 is 0.596 bits per heavy atom. The lowest BCUT2D eigenvalue weighted by atomic mass is 10.1. The van der Waals surface area contributed by atoms with Crippen molar-refractivity contribution >= 4 is 68.0 Å². The number of nitrogens with two attached hydrogens (primary N) is 2. The van der Waals surface area contributed by atoms with Crippen molar-refractivity contribution in [3.8, 4) is 0 Å². The van der Waals surface area contributed by atoms with Gasteiger partial charge in [0.15, 0.2) is 0 Å². The Morgan fingerprint density at radius 3 is 0.904 bits per heavy atom. The molecule has 4 atom stereocenters. The van der Waals surface area contributed by atoms with E-state index >= 15 is 0 Å². The normalized spacial score (nSPS) is 12.5. The average molecular weight is 1410 g/mol. The van der Waals surface area contributed by atoms with E-state index < -0.39 is 56.9 Å². The van der Waals surface area contributed by atoms with Crippen LogP contribution in [-0.4, -0.2) is 228 Å². The van der Waals surface area contributed by atoms with Gasteiger partial charge in [-0.15, -0.1) is 9.05 Å². The van der Waals surface area contributed by atoms with Gasteiger partial charge in [-0.05, 0) is 25.7 Å². The van der Waals surface area contributed by atoms with Gasteiger partial charge in [-0.2, -0.15) is 23.5 Å². The molecule has 0 aliphatic carbocycles. The van der Waals surface area contributed by atoms with Crippen LogP contribution in [0.25, 0.3) is 0 Å². The molecule has 0 rings (SSSR count). The summed E-state index contributed by atoms with van der Waals surface area (Å²) in [5.74, 6) is 0.340. The van der Waals surface area contributed by atoms with Crippen LogP contribution in [0.5, 0.6) is 0 Å². The summed E-state index contributed by atoms with van der Waals surface area (Å²) < 4.78 is 77.2. The van der Waals surface area contributed by atoms with Crippen molar-refractivity contribution in [2.75, 3.05) is 168 Å². The van der Waals surface area contributed by atoms with Crippen LogP contribution < -0.4 is 43.4 Å². The van der Waals surface area contributed by atoms with Gasteiger partial charge in [-0.25, -0.2) is 19.2 Å². The highest BCUT2D eigenvalue weighted by Crippen LogP contribution is 2.23. The van der Waals surface area contributed by atoms with E-state index in [-0.39, 0.29) is 114 Å². The zero-order valence-electron chi connectivity index (χ0n) is 57.8. The fourth-order valence-corrected chi connectivity index (χ4v) is 10.9. The van der Waals surface area contributed by atoms with E-state index in [4.69, 9.17) is 67.9 Å². The molecule has 0 aliphatic heterocycles. The van der Waals surface area contributed by atoms with Crippen LogP contribution in [0.3, 0.4) is 0 Å². The Morgan fingerprint density at radius 1 is 0.330 bits per heavy atom. The Bertz CT molecular complexity index is 1700. The molecule has 0 spiro atoms. The SMILES string of the molecule is CCCCCCCCNC(=O)OC[C@H](CSC[C@H](N)C(=O)NCCOCCOCCOCCO[P+](=O)OCCOCCOCCOCCNC(=O)[C@@H](N)CSC[C@@H](COC(=O)NCCCCCCCC)OC(=O)NCCCCCCCC)OC(=O)NCCCCCCCC. The number of rotatable bonds is 70. The van der Waals surface area contributed by atoms with Gasteiger partial charge in [0.2, 0.25) is 11.8 Å². The Hall–Kier alpha value is -3.58. The maximum atomic E-state index is 12.6. The lowest BCUT2D eigenvalue weighted by molar-refractivity contribution is -0.122. The number of hydrogen-bond acceptors (Lipinski definition) is 23. The number of carbonyl (C=O) groups excluding carboxylic acids is 6. The molecule has 0 aromatic heterocycles. The van der Waals surface area contributed by atoms with Gasteiger partial charge in [0.25, 0.3) is 0 Å². The van der Waals surface area contributed by atoms with Gasteiger partial charge in [0.1, 0.15) is 38.6 Å². The second-order valence-electron chi connectivity index (χ2n) is 22.5. The number of amides is 6. The maximum Gasteiger partial charge on any atom is 0.697 e. The van der Waals surface area contributed by atoms with Gasteiger partial charge in [0.05, 0.1) is 91.4 Å². The molecule has 552 valence electrons. The number of ether oxygens (including phenoxy) is 10. The molecule has 0 aromatic carbocycles. The van der Waals surface area contributed by atoms with E-state index in [1.807, 2.05) is 0 Å². The highest BCUT2D eigenvalue weighted by atomic mass is 32.2. The Balaban J connectivity index is 4.06. The predicted molar refractivity (Wildman–Crippen MR) is 370 cm³/mol. The molecule has 0 aromatic rings. The predicted octanol–water partition coefficient (Wildman–Crippen LogP) is 9.21. The fourth-order valence-electron chi connectivity index (χ4n) is 8.46. The van der Waals surface area contributed by atoms with Crippen molar-refractivity contribution in [3.05, 3.63) is 0 Å². The first-order chi connectivity index (χ1) is 45.9. The summed E-state index contributed by atoms with van der Waals surface area (Å²) in [5.41, 5.74) is 12.3. The van der Waals surface area contributed by atoms with Crippen LogP contribution in [-0.2, 0) is 70.6 Å². The maximum absolute atomic E-state index is 12.6. The fraction of sp³-hybridized carbons (Fsp3) is 0.906. The third-order valence-corrected chi connectivity index (χ3v) is 17.0. The topological polar surface area (TPSA) is 354 Å². The summed E-state index contributed by atoms with van der Waals surface area (Å²) >= 11 is 2.65. The van der Waals surface area contributed by atoms with Crippen molar-refractivity contribution < 1.29 is 89.7 Å². The average Bonchev–Trinajstić information content (AvgIpc) is 2.98. The largest absolute Gasteiger partial charge is 0.697 e. The van der Waals surface area contributed by atoms with Gasteiger partial charge in [-0.1, -0.05) is 156 Å². The van der Waals surface area contributed by atoms with E-state index in [0.29, 0.717) is 65.8 Å². The number of carbonyl (C=O) groups is 6. The summed E-state index contributed by atoms with van der Waals surface area (Å²) in [6.07, 6.45) is 22.5. The van der Waals surface area contributed by atoms with Crippen LogP contribution in [0.15, 0.2) is 0 Å². The van der Waals surface area contributed by atoms with Crippen molar-refractivity contribution in [2.24, 2.45) is 11.5 Å². The molecule has 0 aliphatic rings. The number of nitrogens with one attached hydrogen (secondary N) is 6. The molecular weight excluding hydrogens is 1280 g/mol. The Kier molecular flexibility index (Phi) is 68.0. The molecule has 27 nitrogen and oxygen atoms in total. The first-order valence-electron chi connectivity index (χ1n) is 35.0. The summed E-state index contributed by atoms with van der Waals surface area (Å²) in [7, 11) is -2.35. The quantitative estimate of drug-likeness (QED) is 0.0160. The van der Waals surface area contributed by atoms with E-state index in [1.165, 1.54) is 101 Å². The number of alkyl carbamates (subject to hydrolysis) is 4. The van der Waals surface area contributed by atoms with Gasteiger partial charge in [-0.3, -0.25) is 9.59 Å². The van der Waals surface area contributed by atoms with E-state index in [2.05, 4.69) is 59.6 Å². The summed E-state index contributed by atoms with van der Waals surface area (Å²) in [4.78, 5) is 75.2. The molecule has 10 N–H and O–H groups in total. The van der Waals surface area contributed by atoms with Crippen LogP contribution in [0.2, 0.25) is 0 Å². The van der Waals surface area contributed by atoms with Crippen LogP contribution in [0.1, 0.15) is 182 Å². The first kappa shape index (κ1) is 90.4. The standard InChI is InChI=1S/C64H125N8O19PS2/c1-5-9-13-17-21-25-29-69-61(75)86-49-55(90-63(77)71-31-27-23-19-15-11-7-3)51-93-53-57(65)59(73)67-33-35-80-37-39-82-41-43-84-45-47-88-92(79)89-48-46-85-44-42-83-40-38-81-36-34-68-60(74)58(66)54-94-52-56(91-64(78)72-32-28-24-20-16-12-8-4)50-87-62(76)70-30-26-22-18-14-10-6-2/h55-58H,5-54,65-66H2,1-4H3,(H5-,67,68,69,70,71,72,73,74,75,76,77,78)/p+1/t55-,56-,57+,58+/m1/s1. The minimum absolute atomic E-state index is 0.0587. The highest BCUT2D eigenvalue weighted by molar-refractivity contribution is 7.99. The molecule has 94 heavy (non-hydrogen) atoms. The molecule has 0 saturated heterocycles. The molecule has 30 heteroatoms. The highest BCUT2D eigenvalue weighted by Gasteiger charge is 2.23. The van der Waals surface area contributed by atoms with Gasteiger partial charge >= 0.3 is 32.6 Å². The Labute approximate surface area is 572 Å². The zero-order valence-corrected chi connectivity index (χ0v) is 60.4. The monoisotopic (exact) mass is 1410 g/mol. The molecule has 0 radical (unpaired) electrons. The molecular formula is C64H126N8O19PS2+. The van der Waals surface area contributed by atoms with Crippen molar-refractivity contribution in [2.45, 2.75) is 206 Å². The minimum Gasteiger partial charge on any atom is -0.446 e. The number of unbranched alkanes of at least 4 members (excludes halogenated alkanes) is 20. The summed E-state index contributed by atoms with van der Waals surface area (Å²) in [5, 5.41) is 16.6. The second-order valence-corrected chi connectivity index (χ2v) is 25.6. The van der Waals surface area contributed by atoms with Crippen LogP contribution in [0, 0.1) is 0 Å². The van der Waals surface area contributed by atoms with Crippen molar-refractivity contribution in [1.29, 1.82) is 0 Å². The lowest BCUT2D eigenvalue weighted by Gasteiger charge is -2.19. The zero-order chi connectivity index (χ0) is 68.8. The summed E-state index contributed by atoms with van der Waals surface area (Å²) in [6.45, 7) is 14.3. The van der Waals surface area contributed by atoms with Crippen molar-refractivity contribution in [1.82, 2.24) is 31.9 Å². The molecule has 0 saturated carbocycles.